The summed E-state index contributed by atoms with van der Waals surface area (Å²) in [6.45, 7) is 3.82. The molecular formula is C10H17NO3. The van der Waals surface area contributed by atoms with Crippen LogP contribution in [0, 0.1) is 0 Å². The van der Waals surface area contributed by atoms with E-state index in [1.54, 1.807) is 6.92 Å². The lowest BCUT2D eigenvalue weighted by Crippen LogP contribution is -2.20. The molecule has 0 aromatic rings. The molecule has 0 unspecified atom stereocenters. The van der Waals surface area contributed by atoms with Crippen LogP contribution in [0.5, 0.6) is 0 Å². The standard InChI is InChI=1S/C10H17NO3/c1-3-4-5-6-8(2)9(10(13)14)11-7-12/h7H,3-6H2,1-2H3,(H,11,12)(H,13,14). The average Bonchev–Trinajstić information content (AvgIpc) is 2.13. The van der Waals surface area contributed by atoms with Crippen molar-refractivity contribution < 1.29 is 14.7 Å². The van der Waals surface area contributed by atoms with E-state index < -0.39 is 5.97 Å². The molecule has 1 amide bonds. The Morgan fingerprint density at radius 1 is 1.43 bits per heavy atom. The Kier molecular flexibility index (Phi) is 6.45. The zero-order valence-corrected chi connectivity index (χ0v) is 8.67. The second-order valence-corrected chi connectivity index (χ2v) is 3.18. The third kappa shape index (κ3) is 4.64. The fraction of sp³-hybridized carbons (Fsp3) is 0.600. The fourth-order valence-electron chi connectivity index (χ4n) is 1.19. The monoisotopic (exact) mass is 199 g/mol. The molecule has 14 heavy (non-hydrogen) atoms. The maximum absolute atomic E-state index is 10.7. The molecular weight excluding hydrogens is 182 g/mol. The summed E-state index contributed by atoms with van der Waals surface area (Å²) in [5.74, 6) is -1.08. The van der Waals surface area contributed by atoms with E-state index in [0.29, 0.717) is 6.41 Å². The van der Waals surface area contributed by atoms with Gasteiger partial charge in [0.1, 0.15) is 5.70 Å². The minimum Gasteiger partial charge on any atom is -0.477 e. The van der Waals surface area contributed by atoms with Crippen molar-refractivity contribution in [2.75, 3.05) is 0 Å². The number of rotatable bonds is 7. The lowest BCUT2D eigenvalue weighted by molar-refractivity contribution is -0.133. The van der Waals surface area contributed by atoms with Crippen LogP contribution in [-0.2, 0) is 9.59 Å². The lowest BCUT2D eigenvalue weighted by Gasteiger charge is -2.06. The number of aliphatic carboxylic acids is 1. The highest BCUT2D eigenvalue weighted by Gasteiger charge is 2.09. The van der Waals surface area contributed by atoms with Gasteiger partial charge < -0.3 is 10.4 Å². The van der Waals surface area contributed by atoms with Gasteiger partial charge in [0.15, 0.2) is 0 Å². The number of hydrogen-bond acceptors (Lipinski definition) is 2. The Morgan fingerprint density at radius 3 is 2.50 bits per heavy atom. The van der Waals surface area contributed by atoms with E-state index in [4.69, 9.17) is 5.11 Å². The van der Waals surface area contributed by atoms with Gasteiger partial charge in [-0.15, -0.1) is 0 Å². The van der Waals surface area contributed by atoms with Gasteiger partial charge in [-0.2, -0.15) is 0 Å². The number of unbranched alkanes of at least 4 members (excludes halogenated alkanes) is 2. The molecule has 80 valence electrons. The summed E-state index contributed by atoms with van der Waals surface area (Å²) in [6, 6.07) is 0. The molecule has 0 fully saturated rings. The van der Waals surface area contributed by atoms with Crippen molar-refractivity contribution in [3.05, 3.63) is 11.3 Å². The minimum absolute atomic E-state index is 0.0103. The Labute approximate surface area is 84.0 Å². The zero-order valence-electron chi connectivity index (χ0n) is 8.67. The molecule has 0 aliphatic heterocycles. The topological polar surface area (TPSA) is 66.4 Å². The second-order valence-electron chi connectivity index (χ2n) is 3.18. The van der Waals surface area contributed by atoms with Crippen LogP contribution in [0.3, 0.4) is 0 Å². The Bertz CT molecular complexity index is 234. The number of carbonyl (C=O) groups is 2. The van der Waals surface area contributed by atoms with Crippen LogP contribution in [0.25, 0.3) is 0 Å². The molecule has 0 aromatic heterocycles. The highest BCUT2D eigenvalue weighted by molar-refractivity contribution is 5.89. The van der Waals surface area contributed by atoms with E-state index in [1.807, 2.05) is 0 Å². The first-order valence-electron chi connectivity index (χ1n) is 4.76. The maximum atomic E-state index is 10.7. The van der Waals surface area contributed by atoms with Gasteiger partial charge in [0.05, 0.1) is 0 Å². The number of nitrogens with one attached hydrogen (secondary N) is 1. The van der Waals surface area contributed by atoms with Gasteiger partial charge in [0.2, 0.25) is 6.41 Å². The van der Waals surface area contributed by atoms with Crippen molar-refractivity contribution in [1.29, 1.82) is 0 Å². The van der Waals surface area contributed by atoms with E-state index in [9.17, 15) is 9.59 Å². The van der Waals surface area contributed by atoms with Gasteiger partial charge in [-0.25, -0.2) is 4.79 Å². The minimum atomic E-state index is -1.08. The number of carbonyl (C=O) groups excluding carboxylic acids is 1. The molecule has 0 aromatic carbocycles. The number of amides is 1. The lowest BCUT2D eigenvalue weighted by atomic mass is 10.1. The highest BCUT2D eigenvalue weighted by Crippen LogP contribution is 2.11. The number of carboxylic acid groups (broad SMARTS) is 1. The summed E-state index contributed by atoms with van der Waals surface area (Å²) in [7, 11) is 0. The van der Waals surface area contributed by atoms with Crippen molar-refractivity contribution in [2.24, 2.45) is 0 Å². The first kappa shape index (κ1) is 12.7. The summed E-state index contributed by atoms with van der Waals surface area (Å²) in [6.07, 6.45) is 4.24. The quantitative estimate of drug-likeness (QED) is 0.372. The second kappa shape index (κ2) is 7.12. The summed E-state index contributed by atoms with van der Waals surface area (Å²) in [5, 5.41) is 11.0. The molecule has 4 nitrogen and oxygen atoms in total. The van der Waals surface area contributed by atoms with E-state index >= 15 is 0 Å². The first-order chi connectivity index (χ1) is 6.63. The van der Waals surface area contributed by atoms with Crippen LogP contribution in [0.15, 0.2) is 11.3 Å². The summed E-state index contributed by atoms with van der Waals surface area (Å²) in [5.41, 5.74) is 0.731. The van der Waals surface area contributed by atoms with Crippen molar-refractivity contribution in [2.45, 2.75) is 39.5 Å². The Morgan fingerprint density at radius 2 is 2.07 bits per heavy atom. The summed E-state index contributed by atoms with van der Waals surface area (Å²) >= 11 is 0. The highest BCUT2D eigenvalue weighted by atomic mass is 16.4. The molecule has 0 saturated carbocycles. The third-order valence-corrected chi connectivity index (χ3v) is 2.00. The summed E-state index contributed by atoms with van der Waals surface area (Å²) in [4.78, 5) is 20.8. The average molecular weight is 199 g/mol. The van der Waals surface area contributed by atoms with Crippen LogP contribution < -0.4 is 5.32 Å². The van der Waals surface area contributed by atoms with E-state index in [1.165, 1.54) is 0 Å². The molecule has 2 N–H and O–H groups in total. The third-order valence-electron chi connectivity index (χ3n) is 2.00. The number of carboxylic acids is 1. The van der Waals surface area contributed by atoms with Gasteiger partial charge >= 0.3 is 5.97 Å². The molecule has 4 heteroatoms. The predicted molar refractivity (Wildman–Crippen MR) is 53.7 cm³/mol. The van der Waals surface area contributed by atoms with Crippen molar-refractivity contribution in [3.63, 3.8) is 0 Å². The molecule has 0 spiro atoms. The van der Waals surface area contributed by atoms with Crippen molar-refractivity contribution >= 4 is 12.4 Å². The molecule has 0 aliphatic carbocycles. The van der Waals surface area contributed by atoms with Crippen LogP contribution in [0.1, 0.15) is 39.5 Å². The maximum Gasteiger partial charge on any atom is 0.352 e. The summed E-state index contributed by atoms with van der Waals surface area (Å²) < 4.78 is 0. The molecule has 0 aliphatic rings. The normalized spacial score (nSPS) is 11.9. The van der Waals surface area contributed by atoms with Gasteiger partial charge in [0, 0.05) is 0 Å². The first-order valence-corrected chi connectivity index (χ1v) is 4.76. The van der Waals surface area contributed by atoms with E-state index in [-0.39, 0.29) is 5.70 Å². The number of allylic oxidation sites excluding steroid dienone is 1. The Hall–Kier alpha value is -1.32. The van der Waals surface area contributed by atoms with Crippen LogP contribution >= 0.6 is 0 Å². The Balaban J connectivity index is 4.31. The van der Waals surface area contributed by atoms with Crippen molar-refractivity contribution in [3.8, 4) is 0 Å². The predicted octanol–water partition coefficient (Wildman–Crippen LogP) is 1.67. The molecule has 0 radical (unpaired) electrons. The van der Waals surface area contributed by atoms with Gasteiger partial charge in [0.25, 0.3) is 0 Å². The smallest absolute Gasteiger partial charge is 0.352 e. The van der Waals surface area contributed by atoms with Crippen molar-refractivity contribution in [1.82, 2.24) is 5.32 Å². The molecule has 0 saturated heterocycles. The van der Waals surface area contributed by atoms with E-state index in [2.05, 4.69) is 12.2 Å². The van der Waals surface area contributed by atoms with Crippen LogP contribution in [-0.4, -0.2) is 17.5 Å². The largest absolute Gasteiger partial charge is 0.477 e. The van der Waals surface area contributed by atoms with Crippen LogP contribution in [0.2, 0.25) is 0 Å². The van der Waals surface area contributed by atoms with E-state index in [0.717, 1.165) is 31.3 Å². The van der Waals surface area contributed by atoms with Gasteiger partial charge in [-0.3, -0.25) is 4.79 Å². The van der Waals surface area contributed by atoms with Gasteiger partial charge in [-0.05, 0) is 25.3 Å². The fourth-order valence-corrected chi connectivity index (χ4v) is 1.19. The van der Waals surface area contributed by atoms with Gasteiger partial charge in [-0.1, -0.05) is 19.8 Å². The molecule has 0 atom stereocenters. The zero-order chi connectivity index (χ0) is 11.0. The molecule has 0 heterocycles. The number of hydrogen-bond donors (Lipinski definition) is 2. The van der Waals surface area contributed by atoms with Crippen LogP contribution in [0.4, 0.5) is 0 Å². The molecule has 0 bridgehead atoms. The SMILES string of the molecule is CCCCCC(C)=C(NC=O)C(=O)O. The molecule has 0 rings (SSSR count).